The van der Waals surface area contributed by atoms with Crippen molar-refractivity contribution in [1.29, 1.82) is 5.26 Å². The maximum atomic E-state index is 12.2. The summed E-state index contributed by atoms with van der Waals surface area (Å²) in [5, 5.41) is 18.0. The number of nitriles is 1. The first-order valence-corrected chi connectivity index (χ1v) is 6.07. The lowest BCUT2D eigenvalue weighted by molar-refractivity contribution is -0.139. The van der Waals surface area contributed by atoms with E-state index < -0.39 is 5.41 Å². The van der Waals surface area contributed by atoms with Gasteiger partial charge in [-0.3, -0.25) is 4.79 Å². The number of aliphatic hydroxyl groups is 1. The first kappa shape index (κ1) is 11.4. The van der Waals surface area contributed by atoms with Gasteiger partial charge >= 0.3 is 0 Å². The fourth-order valence-corrected chi connectivity index (χ4v) is 2.49. The molecule has 1 aliphatic carbocycles. The summed E-state index contributed by atoms with van der Waals surface area (Å²) in [6.07, 6.45) is 5.18. The fraction of sp³-hybridized carbons (Fsp3) is 0.833. The van der Waals surface area contributed by atoms with E-state index in [1.165, 1.54) is 0 Å². The molecule has 4 nitrogen and oxygen atoms in total. The molecule has 1 saturated carbocycles. The lowest BCUT2D eigenvalue weighted by Gasteiger charge is -2.36. The maximum Gasteiger partial charge on any atom is 0.243 e. The van der Waals surface area contributed by atoms with Crippen LogP contribution in [-0.2, 0) is 4.79 Å². The van der Waals surface area contributed by atoms with E-state index in [0.29, 0.717) is 19.3 Å². The van der Waals surface area contributed by atoms with E-state index in [-0.39, 0.29) is 18.6 Å². The van der Waals surface area contributed by atoms with E-state index in [1.54, 1.807) is 0 Å². The molecular weight excluding hydrogens is 204 g/mol. The van der Waals surface area contributed by atoms with Crippen molar-refractivity contribution in [2.75, 3.05) is 13.2 Å². The minimum Gasteiger partial charge on any atom is -0.396 e. The molecule has 1 atom stereocenters. The number of nitrogens with zero attached hydrogens (tertiary/aromatic N) is 2. The van der Waals surface area contributed by atoms with Crippen molar-refractivity contribution in [2.24, 2.45) is 5.41 Å². The molecule has 1 heterocycles. The summed E-state index contributed by atoms with van der Waals surface area (Å²) in [7, 11) is 0. The number of carbonyl (C=O) groups is 1. The first-order valence-electron chi connectivity index (χ1n) is 6.07. The third-order valence-corrected chi connectivity index (χ3v) is 3.72. The summed E-state index contributed by atoms with van der Waals surface area (Å²) in [6.45, 7) is 0.876. The van der Waals surface area contributed by atoms with E-state index in [9.17, 15) is 4.79 Å². The molecule has 4 heteroatoms. The van der Waals surface area contributed by atoms with Crippen molar-refractivity contribution in [1.82, 2.24) is 4.90 Å². The van der Waals surface area contributed by atoms with Gasteiger partial charge in [-0.2, -0.15) is 5.26 Å². The van der Waals surface area contributed by atoms with Gasteiger partial charge in [-0.25, -0.2) is 0 Å². The van der Waals surface area contributed by atoms with E-state index in [4.69, 9.17) is 10.4 Å². The maximum absolute atomic E-state index is 12.2. The average Bonchev–Trinajstić information content (AvgIpc) is 3.10. The molecule has 16 heavy (non-hydrogen) atoms. The lowest BCUT2D eigenvalue weighted by Crippen LogP contribution is -2.47. The van der Waals surface area contributed by atoms with Crippen LogP contribution < -0.4 is 0 Å². The Bertz CT molecular complexity index is 315. The quantitative estimate of drug-likeness (QED) is 0.776. The molecular formula is C12H18N2O2. The highest BCUT2D eigenvalue weighted by atomic mass is 16.3. The summed E-state index contributed by atoms with van der Waals surface area (Å²) in [5.74, 6) is 0.00755. The van der Waals surface area contributed by atoms with Gasteiger partial charge in [0.1, 0.15) is 5.41 Å². The van der Waals surface area contributed by atoms with Gasteiger partial charge in [-0.05, 0) is 38.5 Å². The molecule has 1 amide bonds. The predicted molar refractivity (Wildman–Crippen MR) is 58.3 cm³/mol. The van der Waals surface area contributed by atoms with Crippen molar-refractivity contribution >= 4 is 5.91 Å². The molecule has 1 aliphatic heterocycles. The third kappa shape index (κ3) is 1.92. The number of hydrogen-bond acceptors (Lipinski definition) is 3. The summed E-state index contributed by atoms with van der Waals surface area (Å²) in [4.78, 5) is 14.1. The van der Waals surface area contributed by atoms with E-state index in [2.05, 4.69) is 6.07 Å². The minimum atomic E-state index is -0.703. The van der Waals surface area contributed by atoms with Crippen LogP contribution in [0.15, 0.2) is 0 Å². The van der Waals surface area contributed by atoms with Crippen LogP contribution in [-0.4, -0.2) is 35.1 Å². The summed E-state index contributed by atoms with van der Waals surface area (Å²) < 4.78 is 0. The van der Waals surface area contributed by atoms with Gasteiger partial charge in [-0.15, -0.1) is 0 Å². The monoisotopic (exact) mass is 222 g/mol. The second kappa shape index (κ2) is 4.42. The number of hydrogen-bond donors (Lipinski definition) is 1. The third-order valence-electron chi connectivity index (χ3n) is 3.72. The van der Waals surface area contributed by atoms with Crippen LogP contribution in [0.5, 0.6) is 0 Å². The van der Waals surface area contributed by atoms with Crippen molar-refractivity contribution in [3.8, 4) is 6.07 Å². The van der Waals surface area contributed by atoms with Gasteiger partial charge in [0.05, 0.1) is 6.07 Å². The Morgan fingerprint density at radius 1 is 1.50 bits per heavy atom. The second-order valence-electron chi connectivity index (χ2n) is 4.85. The minimum absolute atomic E-state index is 0.00755. The molecule has 0 spiro atoms. The molecule has 1 N–H and O–H groups in total. The lowest BCUT2D eigenvalue weighted by atomic mass is 9.96. The van der Waals surface area contributed by atoms with Crippen LogP contribution in [0, 0.1) is 16.7 Å². The zero-order valence-electron chi connectivity index (χ0n) is 9.48. The number of piperidine rings is 1. The summed E-state index contributed by atoms with van der Waals surface area (Å²) in [5.41, 5.74) is -0.703. The van der Waals surface area contributed by atoms with Crippen molar-refractivity contribution < 1.29 is 9.90 Å². The largest absolute Gasteiger partial charge is 0.396 e. The Morgan fingerprint density at radius 3 is 2.81 bits per heavy atom. The van der Waals surface area contributed by atoms with Gasteiger partial charge in [0.25, 0.3) is 0 Å². The second-order valence-corrected chi connectivity index (χ2v) is 4.85. The molecule has 0 aromatic carbocycles. The van der Waals surface area contributed by atoms with Crippen LogP contribution in [0.2, 0.25) is 0 Å². The fourth-order valence-electron chi connectivity index (χ4n) is 2.49. The SMILES string of the molecule is N#CC1(C(=O)N2CCCCC2CCO)CC1. The number of likely N-dealkylation sites (tertiary alicyclic amines) is 1. The molecule has 88 valence electrons. The Labute approximate surface area is 95.9 Å². The normalized spacial score (nSPS) is 27.2. The van der Waals surface area contributed by atoms with E-state index in [0.717, 1.165) is 25.8 Å². The van der Waals surface area contributed by atoms with Crippen LogP contribution in [0.4, 0.5) is 0 Å². The topological polar surface area (TPSA) is 64.3 Å². The molecule has 2 rings (SSSR count). The van der Waals surface area contributed by atoms with E-state index in [1.807, 2.05) is 4.90 Å². The van der Waals surface area contributed by atoms with Crippen molar-refractivity contribution in [3.63, 3.8) is 0 Å². The Morgan fingerprint density at radius 2 is 2.25 bits per heavy atom. The number of carbonyl (C=O) groups excluding carboxylic acids is 1. The van der Waals surface area contributed by atoms with Crippen LogP contribution in [0.25, 0.3) is 0 Å². The van der Waals surface area contributed by atoms with Gasteiger partial charge in [0.2, 0.25) is 5.91 Å². The van der Waals surface area contributed by atoms with Crippen LogP contribution in [0.3, 0.4) is 0 Å². The van der Waals surface area contributed by atoms with Gasteiger partial charge in [0, 0.05) is 19.2 Å². The molecule has 1 saturated heterocycles. The summed E-state index contributed by atoms with van der Waals surface area (Å²) >= 11 is 0. The number of aliphatic hydroxyl groups excluding tert-OH is 1. The smallest absolute Gasteiger partial charge is 0.243 e. The molecule has 1 unspecified atom stereocenters. The predicted octanol–water partition coefficient (Wildman–Crippen LogP) is 1.05. The van der Waals surface area contributed by atoms with Crippen molar-refractivity contribution in [2.45, 2.75) is 44.6 Å². The molecule has 2 fully saturated rings. The average molecular weight is 222 g/mol. The Balaban J connectivity index is 2.06. The standard InChI is InChI=1S/C12H18N2O2/c13-9-12(5-6-12)11(16)14-7-2-1-3-10(14)4-8-15/h10,15H,1-8H2. The Hall–Kier alpha value is -1.08. The number of rotatable bonds is 3. The van der Waals surface area contributed by atoms with Gasteiger partial charge in [-0.1, -0.05) is 0 Å². The van der Waals surface area contributed by atoms with Crippen molar-refractivity contribution in [3.05, 3.63) is 0 Å². The van der Waals surface area contributed by atoms with E-state index >= 15 is 0 Å². The molecule has 0 radical (unpaired) electrons. The molecule has 2 aliphatic rings. The Kier molecular flexibility index (Phi) is 3.15. The highest BCUT2D eigenvalue weighted by Gasteiger charge is 2.53. The van der Waals surface area contributed by atoms with Crippen LogP contribution in [0.1, 0.15) is 38.5 Å². The zero-order valence-corrected chi connectivity index (χ0v) is 9.48. The highest BCUT2D eigenvalue weighted by Crippen LogP contribution is 2.47. The highest BCUT2D eigenvalue weighted by molar-refractivity contribution is 5.88. The zero-order chi connectivity index (χ0) is 11.6. The van der Waals surface area contributed by atoms with Gasteiger partial charge < -0.3 is 10.0 Å². The van der Waals surface area contributed by atoms with Crippen LogP contribution >= 0.6 is 0 Å². The van der Waals surface area contributed by atoms with Gasteiger partial charge in [0.15, 0.2) is 0 Å². The summed E-state index contributed by atoms with van der Waals surface area (Å²) in [6, 6.07) is 2.31. The molecule has 0 aromatic rings. The first-order chi connectivity index (χ1) is 7.73. The number of amides is 1. The molecule has 0 aromatic heterocycles. The molecule has 0 bridgehead atoms.